The van der Waals surface area contributed by atoms with Gasteiger partial charge < -0.3 is 14.3 Å². The normalized spacial score (nSPS) is 12.5. The second kappa shape index (κ2) is 6.60. The monoisotopic (exact) mass is 345 g/mol. The molecule has 0 saturated carbocycles. The molecule has 3 heterocycles. The average molecular weight is 345 g/mol. The van der Waals surface area contributed by atoms with Gasteiger partial charge >= 0.3 is 0 Å². The van der Waals surface area contributed by atoms with Gasteiger partial charge in [-0.2, -0.15) is 0 Å². The van der Waals surface area contributed by atoms with Crippen molar-refractivity contribution in [1.29, 1.82) is 0 Å². The van der Waals surface area contributed by atoms with Crippen molar-refractivity contribution in [3.05, 3.63) is 50.4 Å². The fraction of sp³-hybridized carbons (Fsp3) is 0.353. The fourth-order valence-corrected chi connectivity index (χ4v) is 3.57. The summed E-state index contributed by atoms with van der Waals surface area (Å²) in [6.07, 6.45) is 3.16. The van der Waals surface area contributed by atoms with Crippen molar-refractivity contribution in [1.82, 2.24) is 14.9 Å². The van der Waals surface area contributed by atoms with Gasteiger partial charge in [0.25, 0.3) is 11.5 Å². The lowest BCUT2D eigenvalue weighted by Gasteiger charge is -2.16. The molecule has 7 heteroatoms. The molecule has 3 aromatic rings. The molecule has 0 saturated heterocycles. The molecule has 0 aromatic carbocycles. The molecule has 0 spiro atoms. The summed E-state index contributed by atoms with van der Waals surface area (Å²) < 4.78 is 6.85. The van der Waals surface area contributed by atoms with Crippen LogP contribution >= 0.6 is 11.3 Å². The first-order valence-corrected chi connectivity index (χ1v) is 8.69. The number of thiophene rings is 1. The Kier molecular flexibility index (Phi) is 4.53. The summed E-state index contributed by atoms with van der Waals surface area (Å²) in [5, 5.41) is 5.26. The molecule has 1 amide bonds. The minimum Gasteiger partial charge on any atom is -0.442 e. The highest BCUT2D eigenvalue weighted by atomic mass is 32.1. The van der Waals surface area contributed by atoms with Crippen LogP contribution in [-0.2, 0) is 7.05 Å². The van der Waals surface area contributed by atoms with Crippen LogP contribution in [0.15, 0.2) is 33.1 Å². The first-order chi connectivity index (χ1) is 11.5. The summed E-state index contributed by atoms with van der Waals surface area (Å²) in [7, 11) is 1.60. The van der Waals surface area contributed by atoms with Gasteiger partial charge in [0.15, 0.2) is 0 Å². The lowest BCUT2D eigenvalue weighted by Crippen LogP contribution is -2.29. The van der Waals surface area contributed by atoms with E-state index in [1.165, 1.54) is 10.9 Å². The van der Waals surface area contributed by atoms with E-state index in [4.69, 9.17) is 4.42 Å². The molecule has 3 rings (SSSR count). The summed E-state index contributed by atoms with van der Waals surface area (Å²) in [5.74, 6) is 0.0999. The molecule has 126 valence electrons. The molecular formula is C17H19N3O3S. The average Bonchev–Trinajstić information content (AvgIpc) is 3.18. The van der Waals surface area contributed by atoms with Crippen LogP contribution in [0.5, 0.6) is 0 Å². The number of aryl methyl sites for hydroxylation is 2. The van der Waals surface area contributed by atoms with Crippen molar-refractivity contribution >= 4 is 28.3 Å². The highest BCUT2D eigenvalue weighted by molar-refractivity contribution is 7.10. The Labute approximate surface area is 143 Å². The zero-order valence-electron chi connectivity index (χ0n) is 13.8. The molecular weight excluding hydrogens is 326 g/mol. The number of amides is 1. The Morgan fingerprint density at radius 2 is 2.29 bits per heavy atom. The maximum absolute atomic E-state index is 12.8. The zero-order chi connectivity index (χ0) is 17.3. The maximum atomic E-state index is 12.8. The van der Waals surface area contributed by atoms with Crippen LogP contribution in [0.3, 0.4) is 0 Å². The Hall–Kier alpha value is -2.41. The highest BCUT2D eigenvalue weighted by Crippen LogP contribution is 2.26. The number of rotatable bonds is 5. The van der Waals surface area contributed by atoms with E-state index in [1.807, 2.05) is 17.5 Å². The first-order valence-electron chi connectivity index (χ1n) is 7.82. The molecule has 0 fully saturated rings. The Balaban J connectivity index is 2.01. The zero-order valence-corrected chi connectivity index (χ0v) is 14.6. The van der Waals surface area contributed by atoms with E-state index in [2.05, 4.69) is 17.2 Å². The molecule has 1 N–H and O–H groups in total. The minimum atomic E-state index is -0.303. The standard InChI is InChI=1S/C17H19N3O3S/c1-4-6-11(12-7-5-8-24-12)19-15(21)13-10(2)23-16-14(13)17(22)20(3)9-18-16/h5,7-9,11H,4,6H2,1-3H3,(H,19,21). The number of carbonyl (C=O) groups excluding carboxylic acids is 1. The Morgan fingerprint density at radius 1 is 1.50 bits per heavy atom. The molecule has 1 atom stereocenters. The third-order valence-electron chi connectivity index (χ3n) is 3.94. The van der Waals surface area contributed by atoms with Crippen molar-refractivity contribution in [3.8, 4) is 0 Å². The van der Waals surface area contributed by atoms with Gasteiger partial charge in [-0.05, 0) is 24.8 Å². The Morgan fingerprint density at radius 3 is 2.96 bits per heavy atom. The number of furan rings is 1. The molecule has 3 aromatic heterocycles. The topological polar surface area (TPSA) is 77.1 Å². The maximum Gasteiger partial charge on any atom is 0.265 e. The number of carbonyl (C=O) groups is 1. The minimum absolute atomic E-state index is 0.0765. The fourth-order valence-electron chi connectivity index (χ4n) is 2.75. The van der Waals surface area contributed by atoms with Crippen LogP contribution in [0, 0.1) is 6.92 Å². The van der Waals surface area contributed by atoms with E-state index in [1.54, 1.807) is 25.3 Å². The first kappa shape index (κ1) is 16.4. The number of aromatic nitrogens is 2. The van der Waals surface area contributed by atoms with Crippen LogP contribution in [0.1, 0.15) is 46.8 Å². The lowest BCUT2D eigenvalue weighted by atomic mass is 10.1. The van der Waals surface area contributed by atoms with Gasteiger partial charge in [-0.3, -0.25) is 9.59 Å². The second-order valence-corrected chi connectivity index (χ2v) is 6.68. The molecule has 6 nitrogen and oxygen atoms in total. The molecule has 1 unspecified atom stereocenters. The number of hydrogen-bond acceptors (Lipinski definition) is 5. The van der Waals surface area contributed by atoms with E-state index in [-0.39, 0.29) is 34.2 Å². The number of nitrogens with one attached hydrogen (secondary N) is 1. The van der Waals surface area contributed by atoms with E-state index in [9.17, 15) is 9.59 Å². The van der Waals surface area contributed by atoms with Gasteiger partial charge in [-0.15, -0.1) is 11.3 Å². The van der Waals surface area contributed by atoms with Gasteiger partial charge in [0, 0.05) is 11.9 Å². The van der Waals surface area contributed by atoms with Gasteiger partial charge in [0.05, 0.1) is 11.6 Å². The van der Waals surface area contributed by atoms with Crippen LogP contribution in [0.25, 0.3) is 11.1 Å². The summed E-state index contributed by atoms with van der Waals surface area (Å²) in [6, 6.07) is 3.89. The van der Waals surface area contributed by atoms with Crippen LogP contribution in [0.2, 0.25) is 0 Å². The number of fused-ring (bicyclic) bond motifs is 1. The van der Waals surface area contributed by atoms with Crippen LogP contribution < -0.4 is 10.9 Å². The van der Waals surface area contributed by atoms with Crippen molar-refractivity contribution in [3.63, 3.8) is 0 Å². The van der Waals surface area contributed by atoms with Gasteiger partial charge in [0.2, 0.25) is 5.71 Å². The predicted octanol–water partition coefficient (Wildman–Crippen LogP) is 3.17. The molecule has 0 aliphatic heterocycles. The largest absolute Gasteiger partial charge is 0.442 e. The van der Waals surface area contributed by atoms with Gasteiger partial charge in [-0.25, -0.2) is 4.98 Å². The molecule has 0 aliphatic rings. The van der Waals surface area contributed by atoms with E-state index in [0.717, 1.165) is 17.7 Å². The molecule has 24 heavy (non-hydrogen) atoms. The van der Waals surface area contributed by atoms with Crippen molar-refractivity contribution in [2.45, 2.75) is 32.7 Å². The van der Waals surface area contributed by atoms with Crippen molar-refractivity contribution in [2.75, 3.05) is 0 Å². The smallest absolute Gasteiger partial charge is 0.265 e. The van der Waals surface area contributed by atoms with Crippen molar-refractivity contribution in [2.24, 2.45) is 7.05 Å². The third-order valence-corrected chi connectivity index (χ3v) is 4.93. The molecule has 0 radical (unpaired) electrons. The predicted molar refractivity (Wildman–Crippen MR) is 93.4 cm³/mol. The third kappa shape index (κ3) is 2.87. The van der Waals surface area contributed by atoms with E-state index >= 15 is 0 Å². The summed E-state index contributed by atoms with van der Waals surface area (Å²) >= 11 is 1.61. The number of nitrogens with zero attached hydrogens (tertiary/aromatic N) is 2. The van der Waals surface area contributed by atoms with Crippen LogP contribution in [0.4, 0.5) is 0 Å². The Bertz CT molecular complexity index is 925. The number of hydrogen-bond donors (Lipinski definition) is 1. The van der Waals surface area contributed by atoms with Gasteiger partial charge in [-0.1, -0.05) is 19.4 Å². The molecule has 0 aliphatic carbocycles. The summed E-state index contributed by atoms with van der Waals surface area (Å²) in [5.41, 5.74) is 0.186. The van der Waals surface area contributed by atoms with E-state index < -0.39 is 0 Å². The second-order valence-electron chi connectivity index (χ2n) is 5.70. The van der Waals surface area contributed by atoms with Crippen molar-refractivity contribution < 1.29 is 9.21 Å². The highest BCUT2D eigenvalue weighted by Gasteiger charge is 2.24. The van der Waals surface area contributed by atoms with E-state index in [0.29, 0.717) is 5.76 Å². The lowest BCUT2D eigenvalue weighted by molar-refractivity contribution is 0.0935. The molecule has 0 bridgehead atoms. The van der Waals surface area contributed by atoms with Crippen LogP contribution in [-0.4, -0.2) is 15.5 Å². The summed E-state index contributed by atoms with van der Waals surface area (Å²) in [6.45, 7) is 3.75. The quantitative estimate of drug-likeness (QED) is 0.770. The summed E-state index contributed by atoms with van der Waals surface area (Å²) in [4.78, 5) is 30.4. The van der Waals surface area contributed by atoms with Gasteiger partial charge in [0.1, 0.15) is 17.5 Å². The SMILES string of the molecule is CCCC(NC(=O)c1c(C)oc2ncn(C)c(=O)c12)c1cccs1.